The van der Waals surface area contributed by atoms with Gasteiger partial charge in [0.05, 0.1) is 12.1 Å². The van der Waals surface area contributed by atoms with Crippen molar-refractivity contribution in [3.05, 3.63) is 76.5 Å². The van der Waals surface area contributed by atoms with Gasteiger partial charge in [-0.25, -0.2) is 0 Å². The number of rotatable bonds is 4. The van der Waals surface area contributed by atoms with Crippen LogP contribution in [0.15, 0.2) is 54.2 Å². The van der Waals surface area contributed by atoms with E-state index in [0.717, 1.165) is 41.8 Å². The van der Waals surface area contributed by atoms with Crippen LogP contribution in [-0.4, -0.2) is 34.7 Å². The fourth-order valence-corrected chi connectivity index (χ4v) is 4.95. The standard InChI is InChI=1S/C26H30N2O2/c1-17-10-11-22(20(4)13-17)23-24(27-14-18(2)12-19(3)15-27)26(30)28(25(23)29)16-21-8-6-5-7-9-21/h5-11,13,18-19H,12,14-16H2,1-4H3. The molecule has 156 valence electrons. The van der Waals surface area contributed by atoms with Crippen molar-refractivity contribution in [1.82, 2.24) is 9.80 Å². The smallest absolute Gasteiger partial charge is 0.278 e. The van der Waals surface area contributed by atoms with Crippen LogP contribution < -0.4 is 0 Å². The van der Waals surface area contributed by atoms with Crippen molar-refractivity contribution in [2.75, 3.05) is 13.1 Å². The zero-order valence-electron chi connectivity index (χ0n) is 18.3. The van der Waals surface area contributed by atoms with E-state index in [4.69, 9.17) is 0 Å². The predicted molar refractivity (Wildman–Crippen MR) is 119 cm³/mol. The van der Waals surface area contributed by atoms with Gasteiger partial charge in [-0.3, -0.25) is 14.5 Å². The monoisotopic (exact) mass is 402 g/mol. The van der Waals surface area contributed by atoms with Crippen molar-refractivity contribution in [2.24, 2.45) is 11.8 Å². The van der Waals surface area contributed by atoms with Crippen molar-refractivity contribution in [3.8, 4) is 0 Å². The molecule has 4 heteroatoms. The second-order valence-corrected chi connectivity index (χ2v) is 9.08. The summed E-state index contributed by atoms with van der Waals surface area (Å²) < 4.78 is 0. The SMILES string of the molecule is Cc1ccc(C2=C(N3CC(C)CC(C)C3)C(=O)N(Cc3ccccc3)C2=O)c(C)c1. The zero-order valence-corrected chi connectivity index (χ0v) is 18.3. The Balaban J connectivity index is 1.79. The molecule has 2 aliphatic rings. The van der Waals surface area contributed by atoms with Gasteiger partial charge in [-0.1, -0.05) is 67.9 Å². The first-order valence-electron chi connectivity index (χ1n) is 10.8. The molecule has 0 saturated carbocycles. The average Bonchev–Trinajstić information content (AvgIpc) is 2.93. The molecule has 0 aliphatic carbocycles. The first-order chi connectivity index (χ1) is 14.3. The van der Waals surface area contributed by atoms with Gasteiger partial charge in [0.15, 0.2) is 0 Å². The molecule has 0 radical (unpaired) electrons. The maximum Gasteiger partial charge on any atom is 0.278 e. The summed E-state index contributed by atoms with van der Waals surface area (Å²) in [5, 5.41) is 0. The number of piperidine rings is 1. The Morgan fingerprint density at radius 1 is 0.900 bits per heavy atom. The zero-order chi connectivity index (χ0) is 21.4. The highest BCUT2D eigenvalue weighted by molar-refractivity contribution is 6.35. The average molecular weight is 403 g/mol. The van der Waals surface area contributed by atoms with Gasteiger partial charge in [-0.05, 0) is 48.8 Å². The highest BCUT2D eigenvalue weighted by atomic mass is 16.2. The number of carbonyl (C=O) groups excluding carboxylic acids is 2. The van der Waals surface area contributed by atoms with Gasteiger partial charge in [0.1, 0.15) is 5.70 Å². The summed E-state index contributed by atoms with van der Waals surface area (Å²) in [6.45, 7) is 10.4. The van der Waals surface area contributed by atoms with Crippen LogP contribution in [0.3, 0.4) is 0 Å². The van der Waals surface area contributed by atoms with Crippen LogP contribution in [-0.2, 0) is 16.1 Å². The fourth-order valence-electron chi connectivity index (χ4n) is 4.95. The lowest BCUT2D eigenvalue weighted by Crippen LogP contribution is -2.41. The normalized spacial score (nSPS) is 22.3. The number of imide groups is 1. The van der Waals surface area contributed by atoms with E-state index in [2.05, 4.69) is 24.8 Å². The number of nitrogens with zero attached hydrogens (tertiary/aromatic N) is 2. The third-order valence-electron chi connectivity index (χ3n) is 6.16. The molecule has 0 spiro atoms. The van der Waals surface area contributed by atoms with E-state index in [0.29, 0.717) is 29.7 Å². The predicted octanol–water partition coefficient (Wildman–Crippen LogP) is 4.56. The maximum absolute atomic E-state index is 13.6. The molecule has 0 bridgehead atoms. The van der Waals surface area contributed by atoms with Crippen LogP contribution >= 0.6 is 0 Å². The molecule has 1 fully saturated rings. The van der Waals surface area contributed by atoms with E-state index >= 15 is 0 Å². The van der Waals surface area contributed by atoms with Gasteiger partial charge in [0, 0.05) is 13.1 Å². The third-order valence-corrected chi connectivity index (χ3v) is 6.16. The molecule has 4 nitrogen and oxygen atoms in total. The summed E-state index contributed by atoms with van der Waals surface area (Å²) in [5.74, 6) is 0.636. The van der Waals surface area contributed by atoms with Crippen molar-refractivity contribution in [1.29, 1.82) is 0 Å². The molecule has 0 aromatic heterocycles. The van der Waals surface area contributed by atoms with Crippen LogP contribution in [0, 0.1) is 25.7 Å². The highest BCUT2D eigenvalue weighted by Crippen LogP contribution is 2.36. The van der Waals surface area contributed by atoms with Gasteiger partial charge in [0.2, 0.25) is 0 Å². The Labute approximate surface area is 179 Å². The largest absolute Gasteiger partial charge is 0.366 e. The number of amides is 2. The third kappa shape index (κ3) is 3.79. The van der Waals surface area contributed by atoms with Crippen molar-refractivity contribution in [3.63, 3.8) is 0 Å². The van der Waals surface area contributed by atoms with E-state index in [9.17, 15) is 9.59 Å². The summed E-state index contributed by atoms with van der Waals surface area (Å²) in [7, 11) is 0. The van der Waals surface area contributed by atoms with Crippen molar-refractivity contribution in [2.45, 2.75) is 40.7 Å². The first-order valence-corrected chi connectivity index (χ1v) is 10.8. The minimum Gasteiger partial charge on any atom is -0.366 e. The van der Waals surface area contributed by atoms with Gasteiger partial charge in [0.25, 0.3) is 11.8 Å². The van der Waals surface area contributed by atoms with Gasteiger partial charge < -0.3 is 4.90 Å². The summed E-state index contributed by atoms with van der Waals surface area (Å²) >= 11 is 0. The Kier molecular flexibility index (Phi) is 5.50. The van der Waals surface area contributed by atoms with E-state index in [1.54, 1.807) is 0 Å². The number of hydrogen-bond acceptors (Lipinski definition) is 3. The molecule has 2 aliphatic heterocycles. The number of aryl methyl sites for hydroxylation is 2. The number of hydrogen-bond donors (Lipinski definition) is 0. The first kappa shape index (κ1) is 20.4. The van der Waals surface area contributed by atoms with Crippen LogP contribution in [0.5, 0.6) is 0 Å². The van der Waals surface area contributed by atoms with Gasteiger partial charge in [-0.15, -0.1) is 0 Å². The lowest BCUT2D eigenvalue weighted by molar-refractivity contribution is -0.138. The van der Waals surface area contributed by atoms with E-state index < -0.39 is 0 Å². The minimum atomic E-state index is -0.184. The van der Waals surface area contributed by atoms with Crippen LogP contribution in [0.25, 0.3) is 5.57 Å². The van der Waals surface area contributed by atoms with Crippen LogP contribution in [0.1, 0.15) is 42.5 Å². The highest BCUT2D eigenvalue weighted by Gasteiger charge is 2.43. The Morgan fingerprint density at radius 2 is 1.57 bits per heavy atom. The Morgan fingerprint density at radius 3 is 2.20 bits per heavy atom. The molecule has 30 heavy (non-hydrogen) atoms. The second kappa shape index (κ2) is 8.10. The lowest BCUT2D eigenvalue weighted by atomic mass is 9.90. The number of benzene rings is 2. The molecular weight excluding hydrogens is 372 g/mol. The maximum atomic E-state index is 13.6. The molecule has 4 rings (SSSR count). The van der Waals surface area contributed by atoms with E-state index in [1.807, 2.05) is 56.3 Å². The van der Waals surface area contributed by atoms with E-state index in [-0.39, 0.29) is 11.8 Å². The quantitative estimate of drug-likeness (QED) is 0.704. The van der Waals surface area contributed by atoms with Crippen LogP contribution in [0.4, 0.5) is 0 Å². The topological polar surface area (TPSA) is 40.6 Å². The molecule has 2 amide bonds. The molecule has 2 aromatic rings. The molecule has 2 aromatic carbocycles. The van der Waals surface area contributed by atoms with Gasteiger partial charge >= 0.3 is 0 Å². The summed E-state index contributed by atoms with van der Waals surface area (Å²) in [6, 6.07) is 15.8. The Hall–Kier alpha value is -2.88. The van der Waals surface area contributed by atoms with Crippen molar-refractivity contribution < 1.29 is 9.59 Å². The number of likely N-dealkylation sites (tertiary alicyclic amines) is 1. The molecular formula is C26H30N2O2. The lowest BCUT2D eigenvalue weighted by Gasteiger charge is -2.37. The van der Waals surface area contributed by atoms with Gasteiger partial charge in [-0.2, -0.15) is 0 Å². The Bertz CT molecular complexity index is 999. The summed E-state index contributed by atoms with van der Waals surface area (Å²) in [5.41, 5.74) is 5.16. The molecule has 2 unspecified atom stereocenters. The summed E-state index contributed by atoms with van der Waals surface area (Å²) in [4.78, 5) is 30.8. The summed E-state index contributed by atoms with van der Waals surface area (Å²) in [6.07, 6.45) is 1.15. The van der Waals surface area contributed by atoms with Crippen LogP contribution in [0.2, 0.25) is 0 Å². The molecule has 2 atom stereocenters. The minimum absolute atomic E-state index is 0.167. The fraction of sp³-hybridized carbons (Fsp3) is 0.385. The molecule has 2 heterocycles. The molecule has 0 N–H and O–H groups in total. The molecule has 1 saturated heterocycles. The van der Waals surface area contributed by atoms with E-state index in [1.165, 1.54) is 4.90 Å². The number of carbonyl (C=O) groups is 2. The van der Waals surface area contributed by atoms with Crippen molar-refractivity contribution >= 4 is 17.4 Å². The second-order valence-electron chi connectivity index (χ2n) is 9.08.